The molecular formula is C20H22F2N2O3. The van der Waals surface area contributed by atoms with E-state index in [1.165, 1.54) is 6.07 Å². The predicted octanol–water partition coefficient (Wildman–Crippen LogP) is 4.89. The lowest BCUT2D eigenvalue weighted by Crippen LogP contribution is -2.34. The van der Waals surface area contributed by atoms with Gasteiger partial charge in [-0.3, -0.25) is 0 Å². The number of ether oxygens (including phenoxy) is 2. The molecule has 0 aromatic heterocycles. The largest absolute Gasteiger partial charge is 0.494 e. The Morgan fingerprint density at radius 3 is 2.63 bits per heavy atom. The van der Waals surface area contributed by atoms with Gasteiger partial charge < -0.3 is 20.1 Å². The molecule has 2 N–H and O–H groups in total. The van der Waals surface area contributed by atoms with Crippen LogP contribution in [0.15, 0.2) is 42.5 Å². The van der Waals surface area contributed by atoms with Crippen molar-refractivity contribution in [3.63, 3.8) is 0 Å². The molecule has 0 heterocycles. The number of benzene rings is 2. The third kappa shape index (κ3) is 5.09. The van der Waals surface area contributed by atoms with Gasteiger partial charge in [0.25, 0.3) is 0 Å². The molecule has 5 nitrogen and oxygen atoms in total. The average Bonchev–Trinajstić information content (AvgIpc) is 2.63. The summed E-state index contributed by atoms with van der Waals surface area (Å²) in [5, 5.41) is 5.75. The summed E-state index contributed by atoms with van der Waals surface area (Å²) in [5.41, 5.74) is 2.52. The fourth-order valence-corrected chi connectivity index (χ4v) is 3.24. The van der Waals surface area contributed by atoms with Crippen molar-refractivity contribution < 1.29 is 23.0 Å². The van der Waals surface area contributed by atoms with Crippen molar-refractivity contribution >= 4 is 11.7 Å². The van der Waals surface area contributed by atoms with Gasteiger partial charge in [-0.25, -0.2) is 4.79 Å². The summed E-state index contributed by atoms with van der Waals surface area (Å²) in [7, 11) is 0. The number of hydrogen-bond donors (Lipinski definition) is 2. The van der Waals surface area contributed by atoms with E-state index in [-0.39, 0.29) is 17.8 Å². The molecule has 7 heteroatoms. The zero-order valence-electron chi connectivity index (χ0n) is 15.0. The van der Waals surface area contributed by atoms with E-state index in [1.54, 1.807) is 36.4 Å². The highest BCUT2D eigenvalue weighted by molar-refractivity contribution is 5.89. The number of halogens is 2. The lowest BCUT2D eigenvalue weighted by molar-refractivity contribution is -0.0499. The molecule has 2 aromatic carbocycles. The Kier molecular flexibility index (Phi) is 6.11. The molecule has 27 heavy (non-hydrogen) atoms. The van der Waals surface area contributed by atoms with Crippen molar-refractivity contribution in [2.24, 2.45) is 0 Å². The molecule has 0 fully saturated rings. The lowest BCUT2D eigenvalue weighted by Gasteiger charge is -2.27. The highest BCUT2D eigenvalue weighted by atomic mass is 19.3. The predicted molar refractivity (Wildman–Crippen MR) is 98.5 cm³/mol. The normalized spacial score (nSPS) is 15.8. The van der Waals surface area contributed by atoms with Gasteiger partial charge in [0, 0.05) is 5.69 Å². The molecule has 0 bridgehead atoms. The lowest BCUT2D eigenvalue weighted by atomic mass is 9.87. The number of amides is 2. The molecule has 144 valence electrons. The van der Waals surface area contributed by atoms with E-state index in [0.717, 1.165) is 36.1 Å². The van der Waals surface area contributed by atoms with E-state index in [0.29, 0.717) is 12.3 Å². The van der Waals surface area contributed by atoms with Crippen LogP contribution in [0, 0.1) is 0 Å². The molecule has 3 rings (SSSR count). The van der Waals surface area contributed by atoms with Gasteiger partial charge >= 0.3 is 12.6 Å². The number of carbonyl (C=O) groups excluding carboxylic acids is 1. The van der Waals surface area contributed by atoms with E-state index < -0.39 is 6.61 Å². The van der Waals surface area contributed by atoms with Crippen LogP contribution in [0.5, 0.6) is 11.5 Å². The topological polar surface area (TPSA) is 59.6 Å². The molecule has 0 spiro atoms. The van der Waals surface area contributed by atoms with Crippen molar-refractivity contribution in [1.29, 1.82) is 0 Å². The van der Waals surface area contributed by atoms with E-state index in [4.69, 9.17) is 4.74 Å². The summed E-state index contributed by atoms with van der Waals surface area (Å²) in [6.07, 6.45) is 2.42. The molecule has 2 amide bonds. The second-order valence-electron chi connectivity index (χ2n) is 6.24. The van der Waals surface area contributed by atoms with Gasteiger partial charge in [0.05, 0.1) is 12.6 Å². The number of anilines is 1. The number of nitrogens with one attached hydrogen (secondary N) is 2. The standard InChI is InChI=1S/C20H22F2N2O3/c1-2-26-15-8-6-14(7-9-15)23-20(25)24-18-5-3-4-13-12-16(27-19(21)22)10-11-17(13)18/h6-12,18-19H,2-5H2,1H3,(H2,23,24,25). The van der Waals surface area contributed by atoms with Gasteiger partial charge in [0.2, 0.25) is 0 Å². The summed E-state index contributed by atoms with van der Waals surface area (Å²) < 4.78 is 34.6. The molecular weight excluding hydrogens is 354 g/mol. The summed E-state index contributed by atoms with van der Waals surface area (Å²) in [4.78, 5) is 12.3. The molecule has 1 aliphatic carbocycles. The second-order valence-corrected chi connectivity index (χ2v) is 6.24. The number of aryl methyl sites for hydroxylation is 1. The van der Waals surface area contributed by atoms with Crippen molar-refractivity contribution in [2.45, 2.75) is 38.8 Å². The molecule has 0 saturated carbocycles. The molecule has 1 atom stereocenters. The minimum Gasteiger partial charge on any atom is -0.494 e. The first kappa shape index (κ1) is 18.9. The summed E-state index contributed by atoms with van der Waals surface area (Å²) in [6.45, 7) is -0.358. The van der Waals surface area contributed by atoms with Gasteiger partial charge in [0.1, 0.15) is 11.5 Å². The van der Waals surface area contributed by atoms with Gasteiger partial charge in [-0.2, -0.15) is 8.78 Å². The fourth-order valence-electron chi connectivity index (χ4n) is 3.24. The number of rotatable bonds is 6. The Morgan fingerprint density at radius 1 is 1.19 bits per heavy atom. The molecule has 2 aromatic rings. The SMILES string of the molecule is CCOc1ccc(NC(=O)NC2CCCc3cc(OC(F)F)ccc32)cc1. The Balaban J connectivity index is 1.63. The average molecular weight is 376 g/mol. The second kappa shape index (κ2) is 8.70. The van der Waals surface area contributed by atoms with Crippen LogP contribution in [0.1, 0.15) is 36.9 Å². The number of hydrogen-bond acceptors (Lipinski definition) is 3. The van der Waals surface area contributed by atoms with E-state index >= 15 is 0 Å². The minimum absolute atomic E-state index is 0.142. The fraction of sp³-hybridized carbons (Fsp3) is 0.350. The maximum Gasteiger partial charge on any atom is 0.387 e. The van der Waals surface area contributed by atoms with Crippen LogP contribution < -0.4 is 20.1 Å². The smallest absolute Gasteiger partial charge is 0.387 e. The van der Waals surface area contributed by atoms with Gasteiger partial charge in [-0.05, 0) is 73.7 Å². The third-order valence-corrected chi connectivity index (χ3v) is 4.38. The van der Waals surface area contributed by atoms with E-state index in [9.17, 15) is 13.6 Å². The van der Waals surface area contributed by atoms with Gasteiger partial charge in [-0.1, -0.05) is 6.07 Å². The highest BCUT2D eigenvalue weighted by Gasteiger charge is 2.22. The van der Waals surface area contributed by atoms with Gasteiger partial charge in [-0.15, -0.1) is 0 Å². The molecule has 0 saturated heterocycles. The molecule has 0 aliphatic heterocycles. The van der Waals surface area contributed by atoms with E-state index in [2.05, 4.69) is 15.4 Å². The van der Waals surface area contributed by atoms with Crippen molar-refractivity contribution in [2.75, 3.05) is 11.9 Å². The van der Waals surface area contributed by atoms with Crippen LogP contribution in [-0.4, -0.2) is 19.2 Å². The first-order chi connectivity index (χ1) is 13.0. The van der Waals surface area contributed by atoms with Crippen LogP contribution in [0.2, 0.25) is 0 Å². The third-order valence-electron chi connectivity index (χ3n) is 4.38. The minimum atomic E-state index is -2.85. The first-order valence-corrected chi connectivity index (χ1v) is 8.93. The number of carbonyl (C=O) groups is 1. The molecule has 0 radical (unpaired) electrons. The Hall–Kier alpha value is -2.83. The molecule has 1 unspecified atom stereocenters. The summed E-state index contributed by atoms with van der Waals surface area (Å²) in [6, 6.07) is 11.5. The first-order valence-electron chi connectivity index (χ1n) is 8.93. The van der Waals surface area contributed by atoms with Crippen LogP contribution in [0.4, 0.5) is 19.3 Å². The monoisotopic (exact) mass is 376 g/mol. The Bertz CT molecular complexity index is 781. The summed E-state index contributed by atoms with van der Waals surface area (Å²) >= 11 is 0. The van der Waals surface area contributed by atoms with Gasteiger partial charge in [0.15, 0.2) is 0 Å². The maximum absolute atomic E-state index is 12.4. The summed E-state index contributed by atoms with van der Waals surface area (Å²) in [5.74, 6) is 0.884. The van der Waals surface area contributed by atoms with Crippen LogP contribution >= 0.6 is 0 Å². The van der Waals surface area contributed by atoms with E-state index in [1.807, 2.05) is 6.92 Å². The molecule has 1 aliphatic rings. The Labute approximate surface area is 156 Å². The zero-order valence-corrected chi connectivity index (χ0v) is 15.0. The quantitative estimate of drug-likeness (QED) is 0.755. The van der Waals surface area contributed by atoms with Crippen LogP contribution in [0.3, 0.4) is 0 Å². The van der Waals surface area contributed by atoms with Crippen LogP contribution in [-0.2, 0) is 6.42 Å². The zero-order chi connectivity index (χ0) is 19.2. The number of fused-ring (bicyclic) bond motifs is 1. The Morgan fingerprint density at radius 2 is 1.93 bits per heavy atom. The number of alkyl halides is 2. The maximum atomic E-state index is 12.4. The number of urea groups is 1. The highest BCUT2D eigenvalue weighted by Crippen LogP contribution is 2.32. The van der Waals surface area contributed by atoms with Crippen molar-refractivity contribution in [3.05, 3.63) is 53.6 Å². The van der Waals surface area contributed by atoms with Crippen molar-refractivity contribution in [1.82, 2.24) is 5.32 Å². The van der Waals surface area contributed by atoms with Crippen molar-refractivity contribution in [3.8, 4) is 11.5 Å². The van der Waals surface area contributed by atoms with Crippen LogP contribution in [0.25, 0.3) is 0 Å².